The van der Waals surface area contributed by atoms with E-state index in [2.05, 4.69) is 5.32 Å². The van der Waals surface area contributed by atoms with Crippen molar-refractivity contribution in [2.45, 2.75) is 6.42 Å². The lowest BCUT2D eigenvalue weighted by Gasteiger charge is -2.11. The first-order valence-corrected chi connectivity index (χ1v) is 5.80. The largest absolute Gasteiger partial charge is 0.497 e. The average molecular weight is 256 g/mol. The fraction of sp³-hybridized carbons (Fsp3) is 0.417. The Morgan fingerprint density at radius 3 is 3.06 bits per heavy atom. The molecule has 0 saturated carbocycles. The van der Waals surface area contributed by atoms with Crippen LogP contribution < -0.4 is 10.1 Å². The highest BCUT2D eigenvalue weighted by Gasteiger charge is 2.24. The van der Waals surface area contributed by atoms with Gasteiger partial charge in [-0.15, -0.1) is 0 Å². The fourth-order valence-corrected chi connectivity index (χ4v) is 1.87. The van der Waals surface area contributed by atoms with Gasteiger partial charge in [-0.3, -0.25) is 4.79 Å². The number of anilines is 1. The standard InChI is InChI=1S/C12H14ClNO3/c1-16-9-2-3-10(13)11(6-9)14-12(15)8-4-5-17-7-8/h2-3,6,8H,4-5,7H2,1H3,(H,14,15). The normalized spacial score (nSPS) is 19.1. The Balaban J connectivity index is 2.09. The number of methoxy groups -OCH3 is 1. The van der Waals surface area contributed by atoms with Crippen LogP contribution >= 0.6 is 11.6 Å². The van der Waals surface area contributed by atoms with Crippen molar-refractivity contribution in [3.63, 3.8) is 0 Å². The van der Waals surface area contributed by atoms with Gasteiger partial charge in [-0.25, -0.2) is 0 Å². The van der Waals surface area contributed by atoms with Gasteiger partial charge in [0.05, 0.1) is 30.3 Å². The molecule has 1 aliphatic rings. The summed E-state index contributed by atoms with van der Waals surface area (Å²) in [4.78, 5) is 11.9. The summed E-state index contributed by atoms with van der Waals surface area (Å²) >= 11 is 6.00. The SMILES string of the molecule is COc1ccc(Cl)c(NC(=O)C2CCOC2)c1. The van der Waals surface area contributed by atoms with Crippen LogP contribution in [0.3, 0.4) is 0 Å². The van der Waals surface area contributed by atoms with Crippen molar-refractivity contribution in [1.82, 2.24) is 0 Å². The molecule has 1 fully saturated rings. The predicted octanol–water partition coefficient (Wildman–Crippen LogP) is 2.32. The van der Waals surface area contributed by atoms with Crippen molar-refractivity contribution in [3.05, 3.63) is 23.2 Å². The summed E-state index contributed by atoms with van der Waals surface area (Å²) in [5.41, 5.74) is 0.572. The highest BCUT2D eigenvalue weighted by Crippen LogP contribution is 2.27. The molecule has 0 aliphatic carbocycles. The van der Waals surface area contributed by atoms with Gasteiger partial charge < -0.3 is 14.8 Å². The van der Waals surface area contributed by atoms with Crippen molar-refractivity contribution < 1.29 is 14.3 Å². The molecule has 1 amide bonds. The second-order valence-corrected chi connectivity index (χ2v) is 4.30. The van der Waals surface area contributed by atoms with Crippen molar-refractivity contribution >= 4 is 23.2 Å². The Bertz CT molecular complexity index is 416. The van der Waals surface area contributed by atoms with Crippen LogP contribution in [0.4, 0.5) is 5.69 Å². The summed E-state index contributed by atoms with van der Waals surface area (Å²) in [6, 6.07) is 5.15. The Hall–Kier alpha value is -1.26. The zero-order chi connectivity index (χ0) is 12.3. The van der Waals surface area contributed by atoms with E-state index in [1.54, 1.807) is 25.3 Å². The predicted molar refractivity (Wildman–Crippen MR) is 65.6 cm³/mol. The number of ether oxygens (including phenoxy) is 2. The van der Waals surface area contributed by atoms with E-state index in [4.69, 9.17) is 21.1 Å². The third kappa shape index (κ3) is 2.90. The van der Waals surface area contributed by atoms with Crippen molar-refractivity contribution in [2.24, 2.45) is 5.92 Å². The molecule has 1 aromatic rings. The summed E-state index contributed by atoms with van der Waals surface area (Å²) < 4.78 is 10.3. The third-order valence-corrected chi connectivity index (χ3v) is 3.06. The molecule has 1 N–H and O–H groups in total. The van der Waals surface area contributed by atoms with Crippen molar-refractivity contribution in [1.29, 1.82) is 0 Å². The zero-order valence-corrected chi connectivity index (χ0v) is 10.3. The molecule has 0 bridgehead atoms. The van der Waals surface area contributed by atoms with Crippen LogP contribution in [0.1, 0.15) is 6.42 Å². The van der Waals surface area contributed by atoms with Crippen LogP contribution in [0, 0.1) is 5.92 Å². The lowest BCUT2D eigenvalue weighted by atomic mass is 10.1. The Kier molecular flexibility index (Phi) is 3.86. The van der Waals surface area contributed by atoms with Gasteiger partial charge in [0.1, 0.15) is 5.75 Å². The molecule has 1 unspecified atom stereocenters. The van der Waals surface area contributed by atoms with E-state index in [0.717, 1.165) is 6.42 Å². The summed E-state index contributed by atoms with van der Waals surface area (Å²) in [7, 11) is 1.57. The average Bonchev–Trinajstić information content (AvgIpc) is 2.85. The molecule has 17 heavy (non-hydrogen) atoms. The molecule has 1 aliphatic heterocycles. The highest BCUT2D eigenvalue weighted by atomic mass is 35.5. The smallest absolute Gasteiger partial charge is 0.229 e. The molecular weight excluding hydrogens is 242 g/mol. The maximum atomic E-state index is 11.9. The fourth-order valence-electron chi connectivity index (χ4n) is 1.70. The van der Waals surface area contributed by atoms with Gasteiger partial charge in [0.2, 0.25) is 5.91 Å². The molecule has 0 radical (unpaired) electrons. The second kappa shape index (κ2) is 5.38. The molecule has 1 heterocycles. The van der Waals surface area contributed by atoms with E-state index in [1.165, 1.54) is 0 Å². The summed E-state index contributed by atoms with van der Waals surface area (Å²) in [6.07, 6.45) is 0.757. The first-order valence-electron chi connectivity index (χ1n) is 5.43. The van der Waals surface area contributed by atoms with Crippen LogP contribution in [0.5, 0.6) is 5.75 Å². The lowest BCUT2D eigenvalue weighted by Crippen LogP contribution is -2.22. The Morgan fingerprint density at radius 1 is 1.59 bits per heavy atom. The van der Waals surface area contributed by atoms with Gasteiger partial charge in [0.15, 0.2) is 0 Å². The molecule has 2 rings (SSSR count). The van der Waals surface area contributed by atoms with E-state index < -0.39 is 0 Å². The number of hydrogen-bond donors (Lipinski definition) is 1. The van der Waals surface area contributed by atoms with Crippen LogP contribution in [0.25, 0.3) is 0 Å². The minimum absolute atomic E-state index is 0.0577. The van der Waals surface area contributed by atoms with E-state index in [1.807, 2.05) is 0 Å². The molecule has 0 spiro atoms. The van der Waals surface area contributed by atoms with E-state index in [0.29, 0.717) is 29.7 Å². The van der Waals surface area contributed by atoms with E-state index in [9.17, 15) is 4.79 Å². The number of amides is 1. The topological polar surface area (TPSA) is 47.6 Å². The molecule has 5 heteroatoms. The third-order valence-electron chi connectivity index (χ3n) is 2.73. The van der Waals surface area contributed by atoms with Crippen LogP contribution in [-0.4, -0.2) is 26.2 Å². The van der Waals surface area contributed by atoms with E-state index >= 15 is 0 Å². The Labute approximate surface area is 105 Å². The number of nitrogens with one attached hydrogen (secondary N) is 1. The van der Waals surface area contributed by atoms with Crippen LogP contribution in [0.2, 0.25) is 5.02 Å². The Morgan fingerprint density at radius 2 is 2.41 bits per heavy atom. The monoisotopic (exact) mass is 255 g/mol. The number of rotatable bonds is 3. The van der Waals surface area contributed by atoms with Crippen molar-refractivity contribution in [3.8, 4) is 5.75 Å². The van der Waals surface area contributed by atoms with E-state index in [-0.39, 0.29) is 11.8 Å². The molecule has 1 atom stereocenters. The molecule has 0 aromatic heterocycles. The van der Waals surface area contributed by atoms with Gasteiger partial charge in [-0.05, 0) is 18.6 Å². The minimum atomic E-state index is -0.0859. The number of hydrogen-bond acceptors (Lipinski definition) is 3. The highest BCUT2D eigenvalue weighted by molar-refractivity contribution is 6.33. The first-order chi connectivity index (χ1) is 8.20. The summed E-state index contributed by atoms with van der Waals surface area (Å²) in [5, 5.41) is 3.29. The minimum Gasteiger partial charge on any atom is -0.497 e. The van der Waals surface area contributed by atoms with Crippen molar-refractivity contribution in [2.75, 3.05) is 25.6 Å². The van der Waals surface area contributed by atoms with Gasteiger partial charge in [0.25, 0.3) is 0 Å². The maximum Gasteiger partial charge on any atom is 0.229 e. The molecular formula is C12H14ClNO3. The second-order valence-electron chi connectivity index (χ2n) is 3.90. The quantitative estimate of drug-likeness (QED) is 0.902. The maximum absolute atomic E-state index is 11.9. The number of carbonyl (C=O) groups is 1. The van der Waals surface area contributed by atoms with Gasteiger partial charge in [0, 0.05) is 12.7 Å². The molecule has 92 valence electrons. The number of benzene rings is 1. The number of halogens is 1. The molecule has 4 nitrogen and oxygen atoms in total. The van der Waals surface area contributed by atoms with Crippen LogP contribution in [-0.2, 0) is 9.53 Å². The van der Waals surface area contributed by atoms with Gasteiger partial charge >= 0.3 is 0 Å². The lowest BCUT2D eigenvalue weighted by molar-refractivity contribution is -0.119. The molecule has 1 aromatic carbocycles. The molecule has 1 saturated heterocycles. The summed E-state index contributed by atoms with van der Waals surface area (Å²) in [5.74, 6) is 0.516. The van der Waals surface area contributed by atoms with Crippen LogP contribution in [0.15, 0.2) is 18.2 Å². The van der Waals surface area contributed by atoms with Gasteiger partial charge in [-0.1, -0.05) is 11.6 Å². The summed E-state index contributed by atoms with van der Waals surface area (Å²) in [6.45, 7) is 1.12. The van der Waals surface area contributed by atoms with Gasteiger partial charge in [-0.2, -0.15) is 0 Å². The number of carbonyl (C=O) groups excluding carboxylic acids is 1. The zero-order valence-electron chi connectivity index (χ0n) is 9.53. The first kappa shape index (κ1) is 12.2.